The summed E-state index contributed by atoms with van der Waals surface area (Å²) in [7, 11) is 0. The van der Waals surface area contributed by atoms with Crippen molar-refractivity contribution < 1.29 is 4.79 Å². The monoisotopic (exact) mass is 250 g/mol. The second kappa shape index (κ2) is 5.70. The molecular formula is C13H15ClN2O. The number of amides is 1. The summed E-state index contributed by atoms with van der Waals surface area (Å²) < 4.78 is 0. The maximum Gasteiger partial charge on any atom is 0.241 e. The second-order valence-corrected chi connectivity index (χ2v) is 4.74. The van der Waals surface area contributed by atoms with Crippen molar-refractivity contribution in [2.24, 2.45) is 11.8 Å². The van der Waals surface area contributed by atoms with Crippen molar-refractivity contribution in [3.63, 3.8) is 0 Å². The maximum atomic E-state index is 11.9. The summed E-state index contributed by atoms with van der Waals surface area (Å²) in [6.07, 6.45) is 0. The number of nitrogens with one attached hydrogen (secondary N) is 1. The molecule has 0 aromatic heterocycles. The van der Waals surface area contributed by atoms with Gasteiger partial charge in [-0.15, -0.1) is 0 Å². The summed E-state index contributed by atoms with van der Waals surface area (Å²) in [6, 6.07) is 7.24. The van der Waals surface area contributed by atoms with E-state index in [0.717, 1.165) is 5.56 Å². The fourth-order valence-corrected chi connectivity index (χ4v) is 1.71. The van der Waals surface area contributed by atoms with Crippen molar-refractivity contribution in [1.29, 1.82) is 5.26 Å². The maximum absolute atomic E-state index is 11.9. The number of benzene rings is 1. The Bertz CT molecular complexity index is 463. The lowest BCUT2D eigenvalue weighted by Crippen LogP contribution is -2.25. The van der Waals surface area contributed by atoms with Crippen molar-refractivity contribution in [2.75, 3.05) is 5.32 Å². The molecule has 1 aromatic carbocycles. The van der Waals surface area contributed by atoms with E-state index in [1.165, 1.54) is 0 Å². The lowest BCUT2D eigenvalue weighted by Gasteiger charge is -2.14. The minimum atomic E-state index is -0.634. The standard InChI is InChI=1S/C13H15ClN2O/c1-8(2)11(7-15)13(17)16-12-5-4-10(14)6-9(12)3/h4-6,8,11H,1-3H3,(H,16,17). The number of rotatable bonds is 3. The van der Waals surface area contributed by atoms with Crippen LogP contribution < -0.4 is 5.32 Å². The molecule has 3 nitrogen and oxygen atoms in total. The Balaban J connectivity index is 2.85. The third-order valence-corrected chi connectivity index (χ3v) is 2.77. The van der Waals surface area contributed by atoms with E-state index < -0.39 is 5.92 Å². The highest BCUT2D eigenvalue weighted by Crippen LogP contribution is 2.21. The molecule has 0 fully saturated rings. The van der Waals surface area contributed by atoms with Gasteiger partial charge in [-0.05, 0) is 36.6 Å². The lowest BCUT2D eigenvalue weighted by molar-refractivity contribution is -0.119. The van der Waals surface area contributed by atoms with Crippen LogP contribution >= 0.6 is 11.6 Å². The quantitative estimate of drug-likeness (QED) is 0.894. The predicted molar refractivity (Wildman–Crippen MR) is 68.8 cm³/mol. The molecule has 0 aliphatic rings. The predicted octanol–water partition coefficient (Wildman–Crippen LogP) is 3.38. The van der Waals surface area contributed by atoms with E-state index in [0.29, 0.717) is 10.7 Å². The third-order valence-electron chi connectivity index (χ3n) is 2.53. The Morgan fingerprint density at radius 1 is 1.47 bits per heavy atom. The highest BCUT2D eigenvalue weighted by Gasteiger charge is 2.21. The molecule has 4 heteroatoms. The van der Waals surface area contributed by atoms with Crippen LogP contribution in [0.15, 0.2) is 18.2 Å². The second-order valence-electron chi connectivity index (χ2n) is 4.30. The average molecular weight is 251 g/mol. The van der Waals surface area contributed by atoms with Crippen LogP contribution in [0.1, 0.15) is 19.4 Å². The number of hydrogen-bond acceptors (Lipinski definition) is 2. The zero-order valence-corrected chi connectivity index (χ0v) is 10.9. The van der Waals surface area contributed by atoms with Crippen molar-refractivity contribution in [3.05, 3.63) is 28.8 Å². The van der Waals surface area contributed by atoms with Crippen LogP contribution in [0.25, 0.3) is 0 Å². The third kappa shape index (κ3) is 3.47. The van der Waals surface area contributed by atoms with Gasteiger partial charge in [-0.1, -0.05) is 25.4 Å². The van der Waals surface area contributed by atoms with Gasteiger partial charge in [0.05, 0.1) is 6.07 Å². The molecule has 0 spiro atoms. The number of carbonyl (C=O) groups is 1. The molecule has 0 aliphatic carbocycles. The van der Waals surface area contributed by atoms with E-state index in [1.807, 2.05) is 26.8 Å². The van der Waals surface area contributed by atoms with Crippen molar-refractivity contribution in [3.8, 4) is 6.07 Å². The molecule has 0 bridgehead atoms. The van der Waals surface area contributed by atoms with E-state index in [4.69, 9.17) is 16.9 Å². The Labute approximate surface area is 106 Å². The molecule has 0 heterocycles. The minimum Gasteiger partial charge on any atom is -0.325 e. The first kappa shape index (κ1) is 13.5. The molecule has 1 amide bonds. The first-order valence-corrected chi connectivity index (χ1v) is 5.80. The topological polar surface area (TPSA) is 52.9 Å². The van der Waals surface area contributed by atoms with Crippen LogP contribution in [0.2, 0.25) is 5.02 Å². The summed E-state index contributed by atoms with van der Waals surface area (Å²) in [5.41, 5.74) is 1.58. The number of nitriles is 1. The Morgan fingerprint density at radius 3 is 2.59 bits per heavy atom. The van der Waals surface area contributed by atoms with E-state index in [1.54, 1.807) is 18.2 Å². The molecule has 90 valence electrons. The molecule has 1 N–H and O–H groups in total. The summed E-state index contributed by atoms with van der Waals surface area (Å²) in [5, 5.41) is 12.3. The molecule has 0 aliphatic heterocycles. The number of hydrogen-bond donors (Lipinski definition) is 1. The van der Waals surface area contributed by atoms with Crippen LogP contribution in [0, 0.1) is 30.1 Å². The first-order chi connectivity index (χ1) is 7.95. The van der Waals surface area contributed by atoms with Gasteiger partial charge in [0.1, 0.15) is 5.92 Å². The highest BCUT2D eigenvalue weighted by molar-refractivity contribution is 6.30. The SMILES string of the molecule is Cc1cc(Cl)ccc1NC(=O)C(C#N)C(C)C. The minimum absolute atomic E-state index is 0.00685. The summed E-state index contributed by atoms with van der Waals surface area (Å²) >= 11 is 5.83. The van der Waals surface area contributed by atoms with E-state index in [9.17, 15) is 4.79 Å². The lowest BCUT2D eigenvalue weighted by atomic mass is 9.96. The van der Waals surface area contributed by atoms with E-state index in [-0.39, 0.29) is 11.8 Å². The fraction of sp³-hybridized carbons (Fsp3) is 0.385. The van der Waals surface area contributed by atoms with Gasteiger partial charge in [0.15, 0.2) is 0 Å². The van der Waals surface area contributed by atoms with E-state index >= 15 is 0 Å². The molecule has 0 radical (unpaired) electrons. The molecule has 0 saturated carbocycles. The molecule has 1 rings (SSSR count). The smallest absolute Gasteiger partial charge is 0.241 e. The Hall–Kier alpha value is -1.53. The Morgan fingerprint density at radius 2 is 2.12 bits per heavy atom. The van der Waals surface area contributed by atoms with Crippen LogP contribution in [0.4, 0.5) is 5.69 Å². The van der Waals surface area contributed by atoms with Crippen molar-refractivity contribution >= 4 is 23.2 Å². The molecule has 17 heavy (non-hydrogen) atoms. The number of carbonyl (C=O) groups excluding carboxylic acids is 1. The van der Waals surface area contributed by atoms with Gasteiger partial charge in [0, 0.05) is 10.7 Å². The average Bonchev–Trinajstić information content (AvgIpc) is 2.22. The highest BCUT2D eigenvalue weighted by atomic mass is 35.5. The number of halogens is 1. The Kier molecular flexibility index (Phi) is 4.53. The molecule has 1 aromatic rings. The molecular weight excluding hydrogens is 236 g/mol. The molecule has 0 saturated heterocycles. The van der Waals surface area contributed by atoms with E-state index in [2.05, 4.69) is 5.32 Å². The van der Waals surface area contributed by atoms with Crippen LogP contribution in [0.3, 0.4) is 0 Å². The van der Waals surface area contributed by atoms with Gasteiger partial charge in [-0.25, -0.2) is 0 Å². The number of aryl methyl sites for hydroxylation is 1. The van der Waals surface area contributed by atoms with Crippen LogP contribution in [0.5, 0.6) is 0 Å². The van der Waals surface area contributed by atoms with Gasteiger partial charge >= 0.3 is 0 Å². The normalized spacial score (nSPS) is 12.0. The summed E-state index contributed by atoms with van der Waals surface area (Å²) in [5.74, 6) is -0.911. The zero-order chi connectivity index (χ0) is 13.0. The van der Waals surface area contributed by atoms with Gasteiger partial charge < -0.3 is 5.32 Å². The number of nitrogens with zero attached hydrogens (tertiary/aromatic N) is 1. The van der Waals surface area contributed by atoms with Crippen molar-refractivity contribution in [2.45, 2.75) is 20.8 Å². The largest absolute Gasteiger partial charge is 0.325 e. The van der Waals surface area contributed by atoms with Gasteiger partial charge in [-0.2, -0.15) is 5.26 Å². The zero-order valence-electron chi connectivity index (χ0n) is 10.1. The first-order valence-electron chi connectivity index (χ1n) is 5.42. The van der Waals surface area contributed by atoms with Gasteiger partial charge in [-0.3, -0.25) is 4.79 Å². The fourth-order valence-electron chi connectivity index (χ4n) is 1.49. The van der Waals surface area contributed by atoms with Crippen molar-refractivity contribution in [1.82, 2.24) is 0 Å². The molecule has 1 unspecified atom stereocenters. The van der Waals surface area contributed by atoms with Crippen LogP contribution in [-0.4, -0.2) is 5.91 Å². The van der Waals surface area contributed by atoms with Crippen LogP contribution in [-0.2, 0) is 4.79 Å². The number of anilines is 1. The molecule has 1 atom stereocenters. The van der Waals surface area contributed by atoms with Gasteiger partial charge in [0.25, 0.3) is 0 Å². The van der Waals surface area contributed by atoms with Gasteiger partial charge in [0.2, 0.25) is 5.91 Å². The summed E-state index contributed by atoms with van der Waals surface area (Å²) in [4.78, 5) is 11.9. The summed E-state index contributed by atoms with van der Waals surface area (Å²) in [6.45, 7) is 5.56.